The summed E-state index contributed by atoms with van der Waals surface area (Å²) in [6.45, 7) is 2.67. The lowest BCUT2D eigenvalue weighted by Gasteiger charge is -2.46. The van der Waals surface area contributed by atoms with Crippen LogP contribution in [0.5, 0.6) is 0 Å². The van der Waals surface area contributed by atoms with Gasteiger partial charge in [0.15, 0.2) is 12.6 Å². The van der Waals surface area contributed by atoms with E-state index >= 15 is 0 Å². The van der Waals surface area contributed by atoms with Crippen molar-refractivity contribution in [2.24, 2.45) is 0 Å². The molecule has 9 N–H and O–H groups in total. The summed E-state index contributed by atoms with van der Waals surface area (Å²) in [7, 11) is 0. The number of carbonyl (C=O) groups excluding carboxylic acids is 1. The number of allylic oxidation sites excluding steroid dienone is 19. The molecule has 0 aromatic heterocycles. The van der Waals surface area contributed by atoms with Crippen LogP contribution in [0.25, 0.3) is 0 Å². The topological polar surface area (TPSA) is 228 Å². The van der Waals surface area contributed by atoms with Gasteiger partial charge in [-0.05, 0) is 103 Å². The number of aliphatic hydroxyl groups excluding tert-OH is 8. The highest BCUT2D eigenvalue weighted by atomic mass is 16.7. The minimum Gasteiger partial charge on any atom is -0.394 e. The largest absolute Gasteiger partial charge is 0.394 e. The minimum absolute atomic E-state index is 0.258. The van der Waals surface area contributed by atoms with E-state index in [0.29, 0.717) is 12.8 Å². The zero-order valence-electron chi connectivity index (χ0n) is 56.1. The highest BCUT2D eigenvalue weighted by molar-refractivity contribution is 5.76. The summed E-state index contributed by atoms with van der Waals surface area (Å²) in [5, 5.41) is 87.4. The van der Waals surface area contributed by atoms with Crippen molar-refractivity contribution in [3.63, 3.8) is 0 Å². The number of hydrogen-bond donors (Lipinski definition) is 9. The van der Waals surface area contributed by atoms with Gasteiger partial charge in [0.25, 0.3) is 0 Å². The van der Waals surface area contributed by atoms with Crippen molar-refractivity contribution < 1.29 is 64.6 Å². The van der Waals surface area contributed by atoms with Crippen molar-refractivity contribution in [2.75, 3.05) is 19.8 Å². The van der Waals surface area contributed by atoms with Crippen LogP contribution in [0.2, 0.25) is 0 Å². The van der Waals surface area contributed by atoms with Gasteiger partial charge in [0, 0.05) is 6.42 Å². The fraction of sp³-hybridized carbons (Fsp3) is 0.724. The first kappa shape index (κ1) is 82.5. The van der Waals surface area contributed by atoms with Crippen LogP contribution in [0.4, 0.5) is 0 Å². The summed E-state index contributed by atoms with van der Waals surface area (Å²) in [6, 6.07) is -0.947. The molecule has 2 saturated heterocycles. The van der Waals surface area contributed by atoms with Crippen LogP contribution in [-0.2, 0) is 23.7 Å². The molecular weight excluding hydrogens is 1130 g/mol. The summed E-state index contributed by atoms with van der Waals surface area (Å²) in [4.78, 5) is 13.3. The molecule has 0 bridgehead atoms. The molecule has 2 aliphatic heterocycles. The fourth-order valence-corrected chi connectivity index (χ4v) is 11.0. The Kier molecular flexibility index (Phi) is 54.2. The fourth-order valence-electron chi connectivity index (χ4n) is 11.0. The Morgan fingerprint density at radius 3 is 1.22 bits per heavy atom. The summed E-state index contributed by atoms with van der Waals surface area (Å²) >= 11 is 0. The van der Waals surface area contributed by atoms with E-state index in [2.05, 4.69) is 129 Å². The third kappa shape index (κ3) is 42.6. The zero-order chi connectivity index (χ0) is 65.2. The molecule has 2 fully saturated rings. The molecule has 0 radical (unpaired) electrons. The molecule has 0 aromatic rings. The van der Waals surface area contributed by atoms with Gasteiger partial charge < -0.3 is 65.1 Å². The van der Waals surface area contributed by atoms with E-state index in [4.69, 9.17) is 18.9 Å². The number of nitrogens with one attached hydrogen (secondary N) is 1. The molecule has 516 valence electrons. The second kappa shape index (κ2) is 59.2. The van der Waals surface area contributed by atoms with Crippen molar-refractivity contribution in [2.45, 2.75) is 331 Å². The SMILES string of the molecule is CC/C=C\C/C=C\C/C=C\C/C=C\C/C=C\C/C=C\C/C=C\CCCCCCCCCCCCCCCC(=O)NC(COC1OC(CO)C(OC2OC(CO)C(O)C(O)C2O)C(O)C1O)C(O)/C=C/CC/C=C/CC/C=C/CCCCCCCCCCCCC. The predicted octanol–water partition coefficient (Wildman–Crippen LogP) is 14.9. The van der Waals surface area contributed by atoms with Gasteiger partial charge in [0.1, 0.15) is 48.8 Å². The Morgan fingerprint density at radius 2 is 0.778 bits per heavy atom. The Morgan fingerprint density at radius 1 is 0.411 bits per heavy atom. The van der Waals surface area contributed by atoms with E-state index < -0.39 is 86.8 Å². The molecule has 0 saturated carbocycles. The quantitative estimate of drug-likeness (QED) is 0.0204. The summed E-state index contributed by atoms with van der Waals surface area (Å²) in [5.74, 6) is -0.258. The number of aliphatic hydroxyl groups is 8. The molecule has 90 heavy (non-hydrogen) atoms. The Hall–Kier alpha value is -3.61. The Labute approximate surface area is 546 Å². The predicted molar refractivity (Wildman–Crippen MR) is 368 cm³/mol. The van der Waals surface area contributed by atoms with E-state index in [1.54, 1.807) is 6.08 Å². The lowest BCUT2D eigenvalue weighted by Crippen LogP contribution is -2.65. The van der Waals surface area contributed by atoms with Gasteiger partial charge in [-0.3, -0.25) is 4.79 Å². The molecular formula is C76H129NO13. The summed E-state index contributed by atoms with van der Waals surface area (Å²) in [5.41, 5.74) is 0. The molecule has 14 nitrogen and oxygen atoms in total. The van der Waals surface area contributed by atoms with E-state index in [-0.39, 0.29) is 18.9 Å². The summed E-state index contributed by atoms with van der Waals surface area (Å²) < 4.78 is 22.8. The second-order valence-corrected chi connectivity index (χ2v) is 24.6. The third-order valence-electron chi connectivity index (χ3n) is 16.6. The van der Waals surface area contributed by atoms with E-state index in [1.165, 1.54) is 128 Å². The van der Waals surface area contributed by atoms with Gasteiger partial charge >= 0.3 is 0 Å². The molecule has 14 heteroatoms. The van der Waals surface area contributed by atoms with E-state index in [9.17, 15) is 45.6 Å². The zero-order valence-corrected chi connectivity index (χ0v) is 56.1. The first-order valence-corrected chi connectivity index (χ1v) is 35.8. The molecule has 2 heterocycles. The van der Waals surface area contributed by atoms with Gasteiger partial charge in [0.2, 0.25) is 5.91 Å². The molecule has 0 spiro atoms. The van der Waals surface area contributed by atoms with Crippen molar-refractivity contribution in [3.05, 3.63) is 122 Å². The van der Waals surface area contributed by atoms with Crippen LogP contribution in [-0.4, -0.2) is 140 Å². The van der Waals surface area contributed by atoms with Gasteiger partial charge in [-0.2, -0.15) is 0 Å². The number of carbonyl (C=O) groups is 1. The van der Waals surface area contributed by atoms with Gasteiger partial charge in [-0.1, -0.05) is 270 Å². The van der Waals surface area contributed by atoms with Crippen LogP contribution >= 0.6 is 0 Å². The van der Waals surface area contributed by atoms with Gasteiger partial charge in [0.05, 0.1) is 32.0 Å². The average Bonchev–Trinajstić information content (AvgIpc) is 1.28. The van der Waals surface area contributed by atoms with Gasteiger partial charge in [-0.15, -0.1) is 0 Å². The molecule has 12 unspecified atom stereocenters. The highest BCUT2D eigenvalue weighted by Gasteiger charge is 2.51. The lowest BCUT2D eigenvalue weighted by atomic mass is 9.97. The molecule has 0 aromatic carbocycles. The van der Waals surface area contributed by atoms with Crippen molar-refractivity contribution in [3.8, 4) is 0 Å². The first-order chi connectivity index (χ1) is 44.1. The maximum atomic E-state index is 13.3. The Bertz CT molecular complexity index is 1980. The summed E-state index contributed by atoms with van der Waals surface area (Å²) in [6.07, 6.45) is 69.6. The van der Waals surface area contributed by atoms with Crippen LogP contribution in [0.1, 0.15) is 258 Å². The number of rotatable bonds is 57. The molecule has 1 amide bonds. The standard InChI is InChI=1S/C76H129NO13/c1-3-5-7-9-11-13-15-17-19-21-23-25-26-27-28-29-30-31-32-33-34-35-36-37-38-40-42-44-46-48-50-52-54-56-58-60-68(81)77-64(65(80)59-57-55-53-51-49-47-45-43-41-39-24-22-20-18-16-14-12-10-8-6-4-2)63-87-75-73(86)71(84)74(67(62-79)89-75)90-76-72(85)70(83)69(82)66(61-78)88-76/h5,7,11,13,17,19,23,25,27-28,30-31,33-34,41,43,49,51,57,59,64-67,69-76,78-80,82-86H,3-4,6,8-10,12,14-16,18,20-22,24,26,29,32,35-40,42,44-48,50,52-56,58,60-63H2,1-2H3,(H,77,81)/b7-5-,13-11-,19-17-,25-23-,28-27-,31-30-,34-33-,43-41+,51-49+,59-57+. The number of amides is 1. The van der Waals surface area contributed by atoms with Crippen LogP contribution < -0.4 is 5.32 Å². The normalized spacial score (nSPS) is 23.7. The number of ether oxygens (including phenoxy) is 4. The third-order valence-corrected chi connectivity index (χ3v) is 16.6. The Balaban J connectivity index is 1.67. The first-order valence-electron chi connectivity index (χ1n) is 35.8. The van der Waals surface area contributed by atoms with Crippen molar-refractivity contribution >= 4 is 5.91 Å². The van der Waals surface area contributed by atoms with E-state index in [1.807, 2.05) is 6.08 Å². The maximum absolute atomic E-state index is 13.3. The lowest BCUT2D eigenvalue weighted by molar-refractivity contribution is -0.359. The van der Waals surface area contributed by atoms with Gasteiger partial charge in [-0.25, -0.2) is 0 Å². The number of unbranched alkanes of at least 4 members (excludes halogenated alkanes) is 26. The highest BCUT2D eigenvalue weighted by Crippen LogP contribution is 2.30. The van der Waals surface area contributed by atoms with E-state index in [0.717, 1.165) is 96.3 Å². The molecule has 0 aliphatic carbocycles. The van der Waals surface area contributed by atoms with Crippen LogP contribution in [0.3, 0.4) is 0 Å². The van der Waals surface area contributed by atoms with Crippen LogP contribution in [0, 0.1) is 0 Å². The molecule has 12 atom stereocenters. The smallest absolute Gasteiger partial charge is 0.220 e. The maximum Gasteiger partial charge on any atom is 0.220 e. The number of hydrogen-bond acceptors (Lipinski definition) is 13. The van der Waals surface area contributed by atoms with Crippen molar-refractivity contribution in [1.82, 2.24) is 5.32 Å². The minimum atomic E-state index is -1.80. The van der Waals surface area contributed by atoms with Crippen LogP contribution in [0.15, 0.2) is 122 Å². The van der Waals surface area contributed by atoms with Crippen molar-refractivity contribution in [1.29, 1.82) is 0 Å². The second-order valence-electron chi connectivity index (χ2n) is 24.6. The average molecular weight is 1260 g/mol. The monoisotopic (exact) mass is 1260 g/mol. The molecule has 2 rings (SSSR count). The molecule has 2 aliphatic rings.